The molecule has 1 N–H and O–H groups in total. The molecule has 1 aliphatic carbocycles. The van der Waals surface area contributed by atoms with Crippen molar-refractivity contribution in [3.63, 3.8) is 0 Å². The molecule has 0 bridgehead atoms. The Morgan fingerprint density at radius 2 is 2.06 bits per heavy atom. The van der Waals surface area contributed by atoms with E-state index in [1.165, 1.54) is 48.9 Å². The van der Waals surface area contributed by atoms with Gasteiger partial charge in [-0.05, 0) is 49.1 Å². The van der Waals surface area contributed by atoms with Crippen LogP contribution < -0.4 is 5.32 Å². The molecule has 94 valence electrons. The highest BCUT2D eigenvalue weighted by Crippen LogP contribution is 2.29. The Morgan fingerprint density at radius 1 is 1.24 bits per heavy atom. The number of rotatable bonds is 0. The van der Waals surface area contributed by atoms with Gasteiger partial charge in [-0.1, -0.05) is 26.8 Å². The highest BCUT2D eigenvalue weighted by molar-refractivity contribution is 5.50. The normalized spacial score (nSPS) is 21.5. The minimum absolute atomic E-state index is 0.812. The van der Waals surface area contributed by atoms with Crippen molar-refractivity contribution in [2.45, 2.75) is 52.9 Å². The van der Waals surface area contributed by atoms with E-state index in [0.29, 0.717) is 0 Å². The van der Waals surface area contributed by atoms with Crippen LogP contribution in [0.2, 0.25) is 0 Å². The predicted molar refractivity (Wildman–Crippen MR) is 73.6 cm³/mol. The van der Waals surface area contributed by atoms with E-state index in [0.717, 1.165) is 18.3 Å². The molecule has 2 nitrogen and oxygen atoms in total. The minimum Gasteiger partial charge on any atom is -0.370 e. The highest BCUT2D eigenvalue weighted by atomic mass is 15.0. The first-order valence-corrected chi connectivity index (χ1v) is 7.08. The van der Waals surface area contributed by atoms with E-state index in [9.17, 15) is 0 Å². The fourth-order valence-corrected chi connectivity index (χ4v) is 2.70. The Labute approximate surface area is 105 Å². The van der Waals surface area contributed by atoms with Gasteiger partial charge in [0.1, 0.15) is 5.82 Å². The highest BCUT2D eigenvalue weighted by Gasteiger charge is 2.20. The molecule has 1 aromatic heterocycles. The van der Waals surface area contributed by atoms with E-state index in [1.807, 2.05) is 13.8 Å². The van der Waals surface area contributed by atoms with E-state index in [1.54, 1.807) is 0 Å². The SMILES string of the molecule is CC.CC1CCc2cc3c(nc2C1)NCCC3. The fourth-order valence-electron chi connectivity index (χ4n) is 2.70. The zero-order chi connectivity index (χ0) is 12.3. The second-order valence-electron chi connectivity index (χ2n) is 4.98. The van der Waals surface area contributed by atoms with Crippen molar-refractivity contribution in [3.05, 3.63) is 22.9 Å². The number of nitrogens with one attached hydrogen (secondary N) is 1. The molecule has 0 aromatic carbocycles. The van der Waals surface area contributed by atoms with E-state index in [-0.39, 0.29) is 0 Å². The molecule has 1 aliphatic heterocycles. The van der Waals surface area contributed by atoms with Crippen LogP contribution in [0.5, 0.6) is 0 Å². The summed E-state index contributed by atoms with van der Waals surface area (Å²) >= 11 is 0. The monoisotopic (exact) mass is 232 g/mol. The zero-order valence-corrected chi connectivity index (χ0v) is 11.3. The van der Waals surface area contributed by atoms with Gasteiger partial charge >= 0.3 is 0 Å². The summed E-state index contributed by atoms with van der Waals surface area (Å²) in [7, 11) is 0. The summed E-state index contributed by atoms with van der Waals surface area (Å²) in [6, 6.07) is 2.40. The van der Waals surface area contributed by atoms with Crippen LogP contribution in [-0.4, -0.2) is 11.5 Å². The molecule has 0 saturated heterocycles. The topological polar surface area (TPSA) is 24.9 Å². The maximum Gasteiger partial charge on any atom is 0.129 e. The third-order valence-electron chi connectivity index (χ3n) is 3.63. The Balaban J connectivity index is 0.000000514. The molecule has 1 aromatic rings. The summed E-state index contributed by atoms with van der Waals surface area (Å²) in [5.41, 5.74) is 4.30. The van der Waals surface area contributed by atoms with Gasteiger partial charge in [-0.2, -0.15) is 0 Å². The molecule has 0 radical (unpaired) electrons. The van der Waals surface area contributed by atoms with Crippen LogP contribution in [0.1, 0.15) is 50.4 Å². The third-order valence-corrected chi connectivity index (χ3v) is 3.63. The number of hydrogen-bond donors (Lipinski definition) is 1. The van der Waals surface area contributed by atoms with Crippen LogP contribution in [0, 0.1) is 5.92 Å². The van der Waals surface area contributed by atoms with Gasteiger partial charge in [0, 0.05) is 12.2 Å². The standard InChI is InChI=1S/C13H18N2.C2H6/c1-9-4-5-10-8-11-3-2-6-14-13(11)15-12(10)7-9;1-2/h8-9H,2-7H2,1H3,(H,14,15);1-2H3. The van der Waals surface area contributed by atoms with Crippen molar-refractivity contribution in [3.8, 4) is 0 Å². The van der Waals surface area contributed by atoms with Gasteiger partial charge in [0.2, 0.25) is 0 Å². The van der Waals surface area contributed by atoms with E-state index in [4.69, 9.17) is 4.98 Å². The second-order valence-corrected chi connectivity index (χ2v) is 4.98. The first-order chi connectivity index (χ1) is 8.33. The first kappa shape index (κ1) is 12.4. The van der Waals surface area contributed by atoms with Gasteiger partial charge in [0.15, 0.2) is 0 Å². The second kappa shape index (κ2) is 5.52. The number of hydrogen-bond acceptors (Lipinski definition) is 2. The van der Waals surface area contributed by atoms with Crippen molar-refractivity contribution >= 4 is 5.82 Å². The van der Waals surface area contributed by atoms with Crippen molar-refractivity contribution in [2.24, 2.45) is 5.92 Å². The lowest BCUT2D eigenvalue weighted by Crippen LogP contribution is -2.19. The molecule has 1 atom stereocenters. The molecule has 0 amide bonds. The lowest BCUT2D eigenvalue weighted by molar-refractivity contribution is 0.491. The zero-order valence-electron chi connectivity index (χ0n) is 11.3. The van der Waals surface area contributed by atoms with E-state index in [2.05, 4.69) is 18.3 Å². The summed E-state index contributed by atoms with van der Waals surface area (Å²) in [6.45, 7) is 7.42. The van der Waals surface area contributed by atoms with Crippen molar-refractivity contribution in [1.29, 1.82) is 0 Å². The van der Waals surface area contributed by atoms with Gasteiger partial charge in [0.25, 0.3) is 0 Å². The Morgan fingerprint density at radius 3 is 2.88 bits per heavy atom. The van der Waals surface area contributed by atoms with Crippen LogP contribution in [-0.2, 0) is 19.3 Å². The molecule has 2 aliphatic rings. The summed E-state index contributed by atoms with van der Waals surface area (Å²) in [5, 5.41) is 3.42. The Hall–Kier alpha value is -1.05. The lowest BCUT2D eigenvalue weighted by atomic mass is 9.87. The number of nitrogens with zero attached hydrogens (tertiary/aromatic N) is 1. The van der Waals surface area contributed by atoms with Crippen molar-refractivity contribution in [2.75, 3.05) is 11.9 Å². The first-order valence-electron chi connectivity index (χ1n) is 7.08. The fraction of sp³-hybridized carbons (Fsp3) is 0.667. The average Bonchev–Trinajstić information content (AvgIpc) is 2.38. The largest absolute Gasteiger partial charge is 0.370 e. The van der Waals surface area contributed by atoms with Crippen LogP contribution in [0.25, 0.3) is 0 Å². The molecule has 2 heterocycles. The third kappa shape index (κ3) is 2.62. The summed E-state index contributed by atoms with van der Waals surface area (Å²) < 4.78 is 0. The summed E-state index contributed by atoms with van der Waals surface area (Å²) in [4.78, 5) is 4.79. The van der Waals surface area contributed by atoms with Crippen molar-refractivity contribution < 1.29 is 0 Å². The maximum absolute atomic E-state index is 4.79. The molecule has 3 rings (SSSR count). The van der Waals surface area contributed by atoms with E-state index >= 15 is 0 Å². The number of pyridine rings is 1. The van der Waals surface area contributed by atoms with Crippen LogP contribution >= 0.6 is 0 Å². The number of fused-ring (bicyclic) bond motifs is 2. The molecule has 0 fully saturated rings. The molecular weight excluding hydrogens is 208 g/mol. The van der Waals surface area contributed by atoms with Gasteiger partial charge in [-0.15, -0.1) is 0 Å². The number of anilines is 1. The van der Waals surface area contributed by atoms with Crippen LogP contribution in [0.3, 0.4) is 0 Å². The number of aryl methyl sites for hydroxylation is 2. The van der Waals surface area contributed by atoms with E-state index < -0.39 is 0 Å². The van der Waals surface area contributed by atoms with Crippen LogP contribution in [0.15, 0.2) is 6.07 Å². The molecule has 0 spiro atoms. The molecule has 2 heteroatoms. The molecule has 17 heavy (non-hydrogen) atoms. The summed E-state index contributed by atoms with van der Waals surface area (Å²) in [6.07, 6.45) is 6.20. The molecule has 1 unspecified atom stereocenters. The molecular formula is C15H24N2. The van der Waals surface area contributed by atoms with Crippen LogP contribution in [0.4, 0.5) is 5.82 Å². The smallest absolute Gasteiger partial charge is 0.129 e. The predicted octanol–water partition coefficient (Wildman–Crippen LogP) is 3.59. The van der Waals surface area contributed by atoms with Gasteiger partial charge in [0.05, 0.1) is 0 Å². The Bertz CT molecular complexity index is 385. The number of aromatic nitrogens is 1. The molecule has 0 saturated carbocycles. The minimum atomic E-state index is 0.812. The average molecular weight is 232 g/mol. The quantitative estimate of drug-likeness (QED) is 0.739. The van der Waals surface area contributed by atoms with Crippen molar-refractivity contribution in [1.82, 2.24) is 4.98 Å². The van der Waals surface area contributed by atoms with Gasteiger partial charge in [-0.3, -0.25) is 0 Å². The maximum atomic E-state index is 4.79. The Kier molecular flexibility index (Phi) is 4.03. The van der Waals surface area contributed by atoms with Gasteiger partial charge < -0.3 is 5.32 Å². The van der Waals surface area contributed by atoms with Gasteiger partial charge in [-0.25, -0.2) is 4.98 Å². The lowest BCUT2D eigenvalue weighted by Gasteiger charge is -2.25. The summed E-state index contributed by atoms with van der Waals surface area (Å²) in [5.74, 6) is 1.97.